The Morgan fingerprint density at radius 1 is 1.35 bits per heavy atom. The van der Waals surface area contributed by atoms with Gasteiger partial charge in [0.25, 0.3) is 0 Å². The predicted octanol–water partition coefficient (Wildman–Crippen LogP) is 2.76. The second-order valence-corrected chi connectivity index (χ2v) is 4.94. The Morgan fingerprint density at radius 2 is 2.12 bits per heavy atom. The third-order valence-electron chi connectivity index (χ3n) is 2.99. The molecule has 0 saturated heterocycles. The minimum atomic E-state index is 0.0351. The molecule has 0 spiro atoms. The maximum atomic E-state index is 5.38. The molecule has 0 bridgehead atoms. The summed E-state index contributed by atoms with van der Waals surface area (Å²) in [7, 11) is 1.70. The molecule has 0 saturated carbocycles. The average molecular weight is 236 g/mol. The fourth-order valence-electron chi connectivity index (χ4n) is 1.88. The van der Waals surface area contributed by atoms with Crippen LogP contribution >= 0.6 is 0 Å². The first-order chi connectivity index (χ1) is 8.11. The lowest BCUT2D eigenvalue weighted by molar-refractivity contribution is 0.374. The van der Waals surface area contributed by atoms with Gasteiger partial charge in [-0.15, -0.1) is 0 Å². The SMILES string of the molecule is CCCNCCC(C)(C)c1ncccc1OC. The fraction of sp³-hybridized carbons (Fsp3) is 0.643. The molecule has 96 valence electrons. The monoisotopic (exact) mass is 236 g/mol. The van der Waals surface area contributed by atoms with Crippen molar-refractivity contribution in [3.05, 3.63) is 24.0 Å². The standard InChI is InChI=1S/C14H24N2O/c1-5-9-15-11-8-14(2,3)13-12(17-4)7-6-10-16-13/h6-7,10,15H,5,8-9,11H2,1-4H3. The van der Waals surface area contributed by atoms with Crippen LogP contribution in [0.5, 0.6) is 5.75 Å². The molecule has 0 aliphatic rings. The van der Waals surface area contributed by atoms with E-state index in [1.165, 1.54) is 6.42 Å². The number of ether oxygens (including phenoxy) is 1. The van der Waals surface area contributed by atoms with Crippen molar-refractivity contribution in [1.29, 1.82) is 0 Å². The van der Waals surface area contributed by atoms with Crippen LogP contribution in [0.3, 0.4) is 0 Å². The van der Waals surface area contributed by atoms with E-state index in [9.17, 15) is 0 Å². The van der Waals surface area contributed by atoms with E-state index in [4.69, 9.17) is 4.74 Å². The molecular weight excluding hydrogens is 212 g/mol. The Kier molecular flexibility index (Phi) is 5.42. The van der Waals surface area contributed by atoms with Crippen molar-refractivity contribution in [2.45, 2.75) is 39.0 Å². The summed E-state index contributed by atoms with van der Waals surface area (Å²) in [6.45, 7) is 8.70. The van der Waals surface area contributed by atoms with Crippen LogP contribution in [0.4, 0.5) is 0 Å². The molecule has 0 unspecified atom stereocenters. The van der Waals surface area contributed by atoms with Crippen molar-refractivity contribution in [2.75, 3.05) is 20.2 Å². The fourth-order valence-corrected chi connectivity index (χ4v) is 1.88. The molecule has 0 aliphatic carbocycles. The van der Waals surface area contributed by atoms with Gasteiger partial charge in [-0.05, 0) is 38.1 Å². The van der Waals surface area contributed by atoms with Gasteiger partial charge in [0.2, 0.25) is 0 Å². The largest absolute Gasteiger partial charge is 0.495 e. The molecule has 1 rings (SSSR count). The lowest BCUT2D eigenvalue weighted by Crippen LogP contribution is -2.27. The van der Waals surface area contributed by atoms with Crippen LogP contribution in [0, 0.1) is 0 Å². The van der Waals surface area contributed by atoms with Crippen LogP contribution in [-0.4, -0.2) is 25.2 Å². The number of hydrogen-bond acceptors (Lipinski definition) is 3. The van der Waals surface area contributed by atoms with Gasteiger partial charge < -0.3 is 10.1 Å². The number of nitrogens with zero attached hydrogens (tertiary/aromatic N) is 1. The van der Waals surface area contributed by atoms with Crippen molar-refractivity contribution in [1.82, 2.24) is 10.3 Å². The van der Waals surface area contributed by atoms with Crippen LogP contribution in [0.25, 0.3) is 0 Å². The summed E-state index contributed by atoms with van der Waals surface area (Å²) >= 11 is 0. The minimum absolute atomic E-state index is 0.0351. The molecule has 0 fully saturated rings. The number of aromatic nitrogens is 1. The van der Waals surface area contributed by atoms with Gasteiger partial charge in [0.1, 0.15) is 5.75 Å². The first kappa shape index (κ1) is 14.0. The number of methoxy groups -OCH3 is 1. The van der Waals surface area contributed by atoms with E-state index in [1.54, 1.807) is 7.11 Å². The molecule has 0 atom stereocenters. The zero-order valence-electron chi connectivity index (χ0n) is 11.4. The Labute approximate surface area is 105 Å². The third-order valence-corrected chi connectivity index (χ3v) is 2.99. The van der Waals surface area contributed by atoms with Gasteiger partial charge in [-0.25, -0.2) is 0 Å². The molecule has 1 aromatic heterocycles. The summed E-state index contributed by atoms with van der Waals surface area (Å²) in [5.41, 5.74) is 1.08. The number of pyridine rings is 1. The minimum Gasteiger partial charge on any atom is -0.495 e. The molecule has 0 aromatic carbocycles. The van der Waals surface area contributed by atoms with Crippen LogP contribution in [0.15, 0.2) is 18.3 Å². The van der Waals surface area contributed by atoms with Crippen molar-refractivity contribution in [3.8, 4) is 5.75 Å². The number of rotatable bonds is 7. The van der Waals surface area contributed by atoms with Gasteiger partial charge >= 0.3 is 0 Å². The summed E-state index contributed by atoms with van der Waals surface area (Å²) in [4.78, 5) is 4.47. The van der Waals surface area contributed by atoms with E-state index < -0.39 is 0 Å². The van der Waals surface area contributed by atoms with Crippen LogP contribution in [0.1, 0.15) is 39.3 Å². The lowest BCUT2D eigenvalue weighted by atomic mass is 9.84. The van der Waals surface area contributed by atoms with Gasteiger partial charge in [-0.2, -0.15) is 0 Å². The summed E-state index contributed by atoms with van der Waals surface area (Å²) in [6.07, 6.45) is 4.06. The predicted molar refractivity (Wildman–Crippen MR) is 71.6 cm³/mol. The average Bonchev–Trinajstić information content (AvgIpc) is 2.34. The highest BCUT2D eigenvalue weighted by molar-refractivity contribution is 5.32. The second-order valence-electron chi connectivity index (χ2n) is 4.94. The van der Waals surface area contributed by atoms with Crippen molar-refractivity contribution in [3.63, 3.8) is 0 Å². The smallest absolute Gasteiger partial charge is 0.140 e. The van der Waals surface area contributed by atoms with E-state index >= 15 is 0 Å². The van der Waals surface area contributed by atoms with E-state index in [1.807, 2.05) is 18.3 Å². The summed E-state index contributed by atoms with van der Waals surface area (Å²) in [5.74, 6) is 0.882. The summed E-state index contributed by atoms with van der Waals surface area (Å²) < 4.78 is 5.38. The molecule has 3 nitrogen and oxygen atoms in total. The molecule has 0 radical (unpaired) electrons. The maximum Gasteiger partial charge on any atom is 0.140 e. The quantitative estimate of drug-likeness (QED) is 0.739. The number of nitrogens with one attached hydrogen (secondary N) is 1. The van der Waals surface area contributed by atoms with E-state index in [0.29, 0.717) is 0 Å². The van der Waals surface area contributed by atoms with Crippen LogP contribution < -0.4 is 10.1 Å². The molecule has 0 aliphatic heterocycles. The van der Waals surface area contributed by atoms with Crippen molar-refractivity contribution in [2.24, 2.45) is 0 Å². The van der Waals surface area contributed by atoms with Gasteiger partial charge in [-0.1, -0.05) is 20.8 Å². The molecule has 17 heavy (non-hydrogen) atoms. The first-order valence-corrected chi connectivity index (χ1v) is 6.32. The zero-order valence-corrected chi connectivity index (χ0v) is 11.4. The molecular formula is C14H24N2O. The first-order valence-electron chi connectivity index (χ1n) is 6.32. The topological polar surface area (TPSA) is 34.2 Å². The van der Waals surface area contributed by atoms with Gasteiger partial charge in [0, 0.05) is 11.6 Å². The maximum absolute atomic E-state index is 5.38. The zero-order chi connectivity index (χ0) is 12.7. The molecule has 0 amide bonds. The Morgan fingerprint density at radius 3 is 2.76 bits per heavy atom. The Balaban J connectivity index is 2.67. The Bertz CT molecular complexity index is 337. The van der Waals surface area contributed by atoms with Gasteiger partial charge in [-0.3, -0.25) is 4.98 Å². The molecule has 3 heteroatoms. The summed E-state index contributed by atoms with van der Waals surface area (Å²) in [6, 6.07) is 3.89. The van der Waals surface area contributed by atoms with Crippen molar-refractivity contribution >= 4 is 0 Å². The van der Waals surface area contributed by atoms with Crippen LogP contribution in [-0.2, 0) is 5.41 Å². The van der Waals surface area contributed by atoms with Gasteiger partial charge in [0.15, 0.2) is 0 Å². The highest BCUT2D eigenvalue weighted by Gasteiger charge is 2.25. The third kappa shape index (κ3) is 4.00. The highest BCUT2D eigenvalue weighted by atomic mass is 16.5. The highest BCUT2D eigenvalue weighted by Crippen LogP contribution is 2.31. The van der Waals surface area contributed by atoms with Crippen LogP contribution in [0.2, 0.25) is 0 Å². The normalized spacial score (nSPS) is 11.5. The van der Waals surface area contributed by atoms with E-state index in [2.05, 4.69) is 31.1 Å². The molecule has 1 N–H and O–H groups in total. The summed E-state index contributed by atoms with van der Waals surface area (Å²) in [5, 5.41) is 3.43. The van der Waals surface area contributed by atoms with E-state index in [-0.39, 0.29) is 5.41 Å². The second kappa shape index (κ2) is 6.60. The van der Waals surface area contributed by atoms with Gasteiger partial charge in [0.05, 0.1) is 12.8 Å². The lowest BCUT2D eigenvalue weighted by Gasteiger charge is -2.25. The Hall–Kier alpha value is -1.09. The van der Waals surface area contributed by atoms with E-state index in [0.717, 1.165) is 31.0 Å². The molecule has 1 aromatic rings. The molecule has 1 heterocycles. The number of hydrogen-bond donors (Lipinski definition) is 1. The van der Waals surface area contributed by atoms with Crippen molar-refractivity contribution < 1.29 is 4.74 Å².